The summed E-state index contributed by atoms with van der Waals surface area (Å²) in [5.74, 6) is 1.83. The lowest BCUT2D eigenvalue weighted by Gasteiger charge is -2.19. The molecule has 0 fully saturated rings. The van der Waals surface area contributed by atoms with E-state index in [4.69, 9.17) is 0 Å². The highest BCUT2D eigenvalue weighted by atomic mass is 32.1. The molecular weight excluding hydrogens is 318 g/mol. The van der Waals surface area contributed by atoms with Crippen molar-refractivity contribution in [2.45, 2.75) is 33.9 Å². The van der Waals surface area contributed by atoms with Crippen LogP contribution in [0.15, 0.2) is 35.5 Å². The summed E-state index contributed by atoms with van der Waals surface area (Å²) in [5, 5.41) is 6.67. The number of anilines is 1. The first-order valence-electron chi connectivity index (χ1n) is 8.36. The third-order valence-corrected chi connectivity index (χ3v) is 4.81. The summed E-state index contributed by atoms with van der Waals surface area (Å²) in [7, 11) is 1.79. The number of nitrogens with zero attached hydrogens (tertiary/aromatic N) is 3. The second kappa shape index (κ2) is 9.27. The lowest BCUT2D eigenvalue weighted by atomic mass is 10.2. The van der Waals surface area contributed by atoms with Gasteiger partial charge in [-0.3, -0.25) is 4.99 Å². The van der Waals surface area contributed by atoms with E-state index in [1.54, 1.807) is 18.4 Å². The minimum atomic E-state index is 0.703. The fourth-order valence-electron chi connectivity index (χ4n) is 2.41. The Labute approximate surface area is 148 Å². The number of guanidine groups is 1. The predicted octanol–water partition coefficient (Wildman–Crippen LogP) is 3.16. The molecule has 5 nitrogen and oxygen atoms in total. The third-order valence-electron chi connectivity index (χ3n) is 3.81. The number of aryl methyl sites for hydroxylation is 1. The standard InChI is InChI=1S/C18H27N5S/c1-5-23(6-2)17-10-8-15(11-20-17)12-21-18(19-4)22-13-16-9-7-14(3)24-16/h7-11H,5-6,12-13H2,1-4H3,(H2,19,21,22). The van der Waals surface area contributed by atoms with Gasteiger partial charge >= 0.3 is 0 Å². The molecule has 0 amide bonds. The zero-order valence-electron chi connectivity index (χ0n) is 15.0. The van der Waals surface area contributed by atoms with E-state index in [9.17, 15) is 0 Å². The van der Waals surface area contributed by atoms with Crippen LogP contribution in [0.3, 0.4) is 0 Å². The molecule has 6 heteroatoms. The van der Waals surface area contributed by atoms with Gasteiger partial charge in [-0.1, -0.05) is 6.07 Å². The maximum atomic E-state index is 4.55. The first-order chi connectivity index (χ1) is 11.7. The maximum Gasteiger partial charge on any atom is 0.191 e. The van der Waals surface area contributed by atoms with Crippen LogP contribution in [0, 0.1) is 6.92 Å². The van der Waals surface area contributed by atoms with Gasteiger partial charge in [-0.25, -0.2) is 4.98 Å². The van der Waals surface area contributed by atoms with Crippen LogP contribution in [-0.2, 0) is 13.1 Å². The van der Waals surface area contributed by atoms with Gasteiger partial charge in [-0.15, -0.1) is 11.3 Å². The van der Waals surface area contributed by atoms with Crippen LogP contribution >= 0.6 is 11.3 Å². The Kier molecular flexibility index (Phi) is 7.06. The molecule has 0 aliphatic carbocycles. The molecule has 130 valence electrons. The van der Waals surface area contributed by atoms with E-state index in [2.05, 4.69) is 70.5 Å². The summed E-state index contributed by atoms with van der Waals surface area (Å²) in [4.78, 5) is 13.7. The van der Waals surface area contributed by atoms with Crippen molar-refractivity contribution in [3.63, 3.8) is 0 Å². The molecule has 2 rings (SSSR count). The van der Waals surface area contributed by atoms with Gasteiger partial charge in [0.05, 0.1) is 6.54 Å². The van der Waals surface area contributed by atoms with Crippen LogP contribution < -0.4 is 15.5 Å². The number of thiophene rings is 1. The van der Waals surface area contributed by atoms with Gasteiger partial charge in [0.25, 0.3) is 0 Å². The van der Waals surface area contributed by atoms with Gasteiger partial charge < -0.3 is 15.5 Å². The lowest BCUT2D eigenvalue weighted by molar-refractivity contribution is 0.808. The molecule has 24 heavy (non-hydrogen) atoms. The lowest BCUT2D eigenvalue weighted by Crippen LogP contribution is -2.36. The molecular formula is C18H27N5S. The minimum absolute atomic E-state index is 0.703. The zero-order valence-corrected chi connectivity index (χ0v) is 15.8. The van der Waals surface area contributed by atoms with Crippen LogP contribution in [0.4, 0.5) is 5.82 Å². The number of aliphatic imine (C=N–C) groups is 1. The van der Waals surface area contributed by atoms with Gasteiger partial charge in [0.2, 0.25) is 0 Å². The highest BCUT2D eigenvalue weighted by Gasteiger charge is 2.04. The van der Waals surface area contributed by atoms with Gasteiger partial charge in [-0.2, -0.15) is 0 Å². The number of pyridine rings is 1. The molecule has 2 heterocycles. The average Bonchev–Trinajstić information content (AvgIpc) is 3.03. The van der Waals surface area contributed by atoms with Crippen molar-refractivity contribution < 1.29 is 0 Å². The summed E-state index contributed by atoms with van der Waals surface area (Å²) in [6, 6.07) is 8.48. The Balaban J connectivity index is 1.84. The molecule has 0 aliphatic rings. The molecule has 0 atom stereocenters. The Morgan fingerprint density at radius 1 is 1.12 bits per heavy atom. The van der Waals surface area contributed by atoms with E-state index >= 15 is 0 Å². The second-order valence-corrected chi connectivity index (χ2v) is 6.86. The van der Waals surface area contributed by atoms with E-state index in [0.29, 0.717) is 6.54 Å². The topological polar surface area (TPSA) is 52.5 Å². The number of hydrogen-bond donors (Lipinski definition) is 2. The van der Waals surface area contributed by atoms with Crippen LogP contribution in [0.5, 0.6) is 0 Å². The fraction of sp³-hybridized carbons (Fsp3) is 0.444. The number of aromatic nitrogens is 1. The summed E-state index contributed by atoms with van der Waals surface area (Å²) in [6.45, 7) is 9.85. The molecule has 0 aliphatic heterocycles. The highest BCUT2D eigenvalue weighted by molar-refractivity contribution is 7.11. The largest absolute Gasteiger partial charge is 0.357 e. The summed E-state index contributed by atoms with van der Waals surface area (Å²) in [6.07, 6.45) is 1.93. The Morgan fingerprint density at radius 3 is 2.42 bits per heavy atom. The predicted molar refractivity (Wildman–Crippen MR) is 104 cm³/mol. The Hall–Kier alpha value is -2.08. The Bertz CT molecular complexity index is 644. The SMILES string of the molecule is CCN(CC)c1ccc(CNC(=NC)NCc2ccc(C)s2)cn1. The van der Waals surface area contributed by atoms with Gasteiger partial charge in [0.15, 0.2) is 5.96 Å². The van der Waals surface area contributed by atoms with Crippen LogP contribution in [0.2, 0.25) is 0 Å². The highest BCUT2D eigenvalue weighted by Crippen LogP contribution is 2.14. The smallest absolute Gasteiger partial charge is 0.191 e. The molecule has 0 aromatic carbocycles. The van der Waals surface area contributed by atoms with Crippen molar-refractivity contribution in [2.75, 3.05) is 25.0 Å². The third kappa shape index (κ3) is 5.23. The molecule has 0 bridgehead atoms. The van der Waals surface area contributed by atoms with Crippen LogP contribution in [0.25, 0.3) is 0 Å². The van der Waals surface area contributed by atoms with E-state index in [-0.39, 0.29) is 0 Å². The van der Waals surface area contributed by atoms with Gasteiger partial charge in [0, 0.05) is 42.6 Å². The molecule has 0 saturated heterocycles. The van der Waals surface area contributed by atoms with E-state index in [1.165, 1.54) is 9.75 Å². The summed E-state index contributed by atoms with van der Waals surface area (Å²) in [5.41, 5.74) is 1.14. The number of hydrogen-bond acceptors (Lipinski definition) is 4. The Morgan fingerprint density at radius 2 is 1.88 bits per heavy atom. The quantitative estimate of drug-likeness (QED) is 0.598. The summed E-state index contributed by atoms with van der Waals surface area (Å²) >= 11 is 1.80. The number of nitrogens with one attached hydrogen (secondary N) is 2. The maximum absolute atomic E-state index is 4.55. The van der Waals surface area contributed by atoms with Crippen molar-refractivity contribution in [1.82, 2.24) is 15.6 Å². The molecule has 0 saturated carbocycles. The van der Waals surface area contributed by atoms with Crippen LogP contribution in [-0.4, -0.2) is 31.1 Å². The zero-order chi connectivity index (χ0) is 17.4. The van der Waals surface area contributed by atoms with E-state index in [0.717, 1.165) is 37.0 Å². The van der Waals surface area contributed by atoms with Crippen molar-refractivity contribution >= 4 is 23.1 Å². The van der Waals surface area contributed by atoms with Crippen molar-refractivity contribution in [3.8, 4) is 0 Å². The molecule has 0 unspecified atom stereocenters. The minimum Gasteiger partial charge on any atom is -0.357 e. The van der Waals surface area contributed by atoms with E-state index in [1.807, 2.05) is 6.20 Å². The molecule has 2 aromatic heterocycles. The van der Waals surface area contributed by atoms with Crippen LogP contribution in [0.1, 0.15) is 29.2 Å². The van der Waals surface area contributed by atoms with Crippen molar-refractivity contribution in [1.29, 1.82) is 0 Å². The van der Waals surface area contributed by atoms with Gasteiger partial charge in [0.1, 0.15) is 5.82 Å². The fourth-order valence-corrected chi connectivity index (χ4v) is 3.24. The van der Waals surface area contributed by atoms with E-state index < -0.39 is 0 Å². The molecule has 0 spiro atoms. The molecule has 0 radical (unpaired) electrons. The summed E-state index contributed by atoms with van der Waals surface area (Å²) < 4.78 is 0. The first-order valence-corrected chi connectivity index (χ1v) is 9.17. The first kappa shape index (κ1) is 18.3. The van der Waals surface area contributed by atoms with Crippen molar-refractivity contribution in [2.24, 2.45) is 4.99 Å². The number of rotatable bonds is 7. The second-order valence-electron chi connectivity index (χ2n) is 5.49. The monoisotopic (exact) mass is 345 g/mol. The molecule has 2 N–H and O–H groups in total. The van der Waals surface area contributed by atoms with Crippen molar-refractivity contribution in [3.05, 3.63) is 45.8 Å². The molecule has 2 aromatic rings. The normalized spacial score (nSPS) is 11.4. The average molecular weight is 346 g/mol. The van der Waals surface area contributed by atoms with Gasteiger partial charge in [-0.05, 0) is 44.5 Å².